The Morgan fingerprint density at radius 2 is 1.96 bits per heavy atom. The molecule has 1 N–H and O–H groups in total. The van der Waals surface area contributed by atoms with Gasteiger partial charge in [0.05, 0.1) is 21.8 Å². The fourth-order valence-electron chi connectivity index (χ4n) is 2.25. The Balaban J connectivity index is 1.86. The van der Waals surface area contributed by atoms with Gasteiger partial charge in [-0.2, -0.15) is 5.10 Å². The molecule has 1 aromatic heterocycles. The maximum Gasteiger partial charge on any atom is 0.269 e. The minimum Gasteiger partial charge on any atom is -0.277 e. The molecule has 7 heteroatoms. The molecule has 24 heavy (non-hydrogen) atoms. The standard InChI is InChI=1S/C17H13ClN4O2/c1-11(12-2-5-14(6-3-12)22(23)24)20-21-16-8-9-19-17-10-13(18)4-7-15(16)17/h2-10H,1H3,(H,19,21)/b20-11+. The fraction of sp³-hybridized carbons (Fsp3) is 0.0588. The van der Waals surface area contributed by atoms with E-state index in [4.69, 9.17) is 11.6 Å². The Kier molecular flexibility index (Phi) is 4.39. The molecular formula is C17H13ClN4O2. The van der Waals surface area contributed by atoms with E-state index in [0.29, 0.717) is 10.7 Å². The minimum absolute atomic E-state index is 0.0523. The number of nitrogens with zero attached hydrogens (tertiary/aromatic N) is 3. The highest BCUT2D eigenvalue weighted by Crippen LogP contribution is 2.24. The Hall–Kier alpha value is -2.99. The molecule has 3 rings (SSSR count). The van der Waals surface area contributed by atoms with Gasteiger partial charge in [-0.3, -0.25) is 20.5 Å². The zero-order chi connectivity index (χ0) is 17.1. The van der Waals surface area contributed by atoms with Gasteiger partial charge in [0.2, 0.25) is 0 Å². The number of rotatable bonds is 4. The lowest BCUT2D eigenvalue weighted by atomic mass is 10.1. The van der Waals surface area contributed by atoms with Gasteiger partial charge in [-0.1, -0.05) is 11.6 Å². The van der Waals surface area contributed by atoms with Crippen molar-refractivity contribution >= 4 is 39.6 Å². The lowest BCUT2D eigenvalue weighted by molar-refractivity contribution is -0.384. The number of aromatic nitrogens is 1. The highest BCUT2D eigenvalue weighted by Gasteiger charge is 2.06. The van der Waals surface area contributed by atoms with Crippen molar-refractivity contribution in [3.05, 3.63) is 75.4 Å². The molecule has 0 fully saturated rings. The number of benzene rings is 2. The highest BCUT2D eigenvalue weighted by atomic mass is 35.5. The Labute approximate surface area is 142 Å². The third kappa shape index (κ3) is 3.33. The predicted molar refractivity (Wildman–Crippen MR) is 95.7 cm³/mol. The molecule has 6 nitrogen and oxygen atoms in total. The number of pyridine rings is 1. The molecule has 0 saturated carbocycles. The average Bonchev–Trinajstić information content (AvgIpc) is 2.59. The first kappa shape index (κ1) is 15.9. The maximum absolute atomic E-state index is 10.7. The molecule has 3 aromatic rings. The number of nitrogens with one attached hydrogen (secondary N) is 1. The van der Waals surface area contributed by atoms with Crippen LogP contribution in [0.2, 0.25) is 5.02 Å². The summed E-state index contributed by atoms with van der Waals surface area (Å²) >= 11 is 5.98. The number of nitro benzene ring substituents is 1. The smallest absolute Gasteiger partial charge is 0.269 e. The summed E-state index contributed by atoms with van der Waals surface area (Å²) < 4.78 is 0. The van der Waals surface area contributed by atoms with Gasteiger partial charge in [0.15, 0.2) is 0 Å². The maximum atomic E-state index is 10.7. The first-order valence-electron chi connectivity index (χ1n) is 7.14. The Morgan fingerprint density at radius 3 is 2.67 bits per heavy atom. The molecular weight excluding hydrogens is 328 g/mol. The van der Waals surface area contributed by atoms with Gasteiger partial charge >= 0.3 is 0 Å². The Morgan fingerprint density at radius 1 is 1.21 bits per heavy atom. The van der Waals surface area contributed by atoms with Crippen LogP contribution in [-0.4, -0.2) is 15.6 Å². The zero-order valence-corrected chi connectivity index (χ0v) is 13.5. The van der Waals surface area contributed by atoms with Crippen LogP contribution in [0.4, 0.5) is 11.4 Å². The van der Waals surface area contributed by atoms with Crippen LogP contribution in [0.3, 0.4) is 0 Å². The molecule has 0 radical (unpaired) electrons. The third-order valence-corrected chi connectivity index (χ3v) is 3.78. The number of anilines is 1. The van der Waals surface area contributed by atoms with Crippen molar-refractivity contribution in [3.63, 3.8) is 0 Å². The SMILES string of the molecule is C/C(=N\Nc1ccnc2cc(Cl)ccc12)c1ccc([N+](=O)[O-])cc1. The molecule has 120 valence electrons. The second-order valence-electron chi connectivity index (χ2n) is 5.13. The zero-order valence-electron chi connectivity index (χ0n) is 12.7. The summed E-state index contributed by atoms with van der Waals surface area (Å²) in [6.07, 6.45) is 1.68. The van der Waals surface area contributed by atoms with Crippen LogP contribution in [0.25, 0.3) is 10.9 Å². The van der Waals surface area contributed by atoms with Crippen molar-refractivity contribution < 1.29 is 4.92 Å². The molecule has 0 aliphatic heterocycles. The van der Waals surface area contributed by atoms with Crippen LogP contribution >= 0.6 is 11.6 Å². The van der Waals surface area contributed by atoms with E-state index in [2.05, 4.69) is 15.5 Å². The largest absolute Gasteiger partial charge is 0.277 e. The molecule has 0 aliphatic carbocycles. The summed E-state index contributed by atoms with van der Waals surface area (Å²) in [5.41, 5.74) is 6.16. The molecule has 0 saturated heterocycles. The second kappa shape index (κ2) is 6.64. The average molecular weight is 341 g/mol. The lowest BCUT2D eigenvalue weighted by Gasteiger charge is -2.07. The monoisotopic (exact) mass is 340 g/mol. The number of halogens is 1. The van der Waals surface area contributed by atoms with E-state index in [0.717, 1.165) is 22.2 Å². The van der Waals surface area contributed by atoms with Gasteiger partial charge in [0, 0.05) is 28.7 Å². The van der Waals surface area contributed by atoms with Crippen LogP contribution in [0.1, 0.15) is 12.5 Å². The van der Waals surface area contributed by atoms with Crippen LogP contribution in [0.15, 0.2) is 59.8 Å². The number of fused-ring (bicyclic) bond motifs is 1. The second-order valence-corrected chi connectivity index (χ2v) is 5.57. The first-order valence-corrected chi connectivity index (χ1v) is 7.52. The van der Waals surface area contributed by atoms with Gasteiger partial charge in [-0.25, -0.2) is 0 Å². The van der Waals surface area contributed by atoms with Crippen molar-refractivity contribution in [3.8, 4) is 0 Å². The normalized spacial score (nSPS) is 11.5. The van der Waals surface area contributed by atoms with Gasteiger partial charge in [-0.05, 0) is 48.9 Å². The van der Waals surface area contributed by atoms with E-state index in [1.807, 2.05) is 19.1 Å². The number of hydrogen-bond acceptors (Lipinski definition) is 5. The van der Waals surface area contributed by atoms with Crippen molar-refractivity contribution in [2.24, 2.45) is 5.10 Å². The number of nitro groups is 1. The van der Waals surface area contributed by atoms with E-state index in [1.54, 1.807) is 30.5 Å². The quantitative estimate of drug-likeness (QED) is 0.426. The summed E-state index contributed by atoms with van der Waals surface area (Å²) in [5.74, 6) is 0. The van der Waals surface area contributed by atoms with Crippen molar-refractivity contribution in [1.29, 1.82) is 0 Å². The molecule has 0 atom stereocenters. The topological polar surface area (TPSA) is 80.4 Å². The van der Waals surface area contributed by atoms with E-state index in [9.17, 15) is 10.1 Å². The summed E-state index contributed by atoms with van der Waals surface area (Å²) in [6.45, 7) is 1.83. The van der Waals surface area contributed by atoms with Crippen molar-refractivity contribution in [2.45, 2.75) is 6.92 Å². The number of hydrogen-bond donors (Lipinski definition) is 1. The summed E-state index contributed by atoms with van der Waals surface area (Å²) in [4.78, 5) is 14.5. The van der Waals surface area contributed by atoms with Gasteiger partial charge < -0.3 is 0 Å². The van der Waals surface area contributed by atoms with Crippen molar-refractivity contribution in [2.75, 3.05) is 5.43 Å². The van der Waals surface area contributed by atoms with E-state index in [1.165, 1.54) is 12.1 Å². The van der Waals surface area contributed by atoms with E-state index < -0.39 is 4.92 Å². The molecule has 0 amide bonds. The molecule has 0 spiro atoms. The lowest BCUT2D eigenvalue weighted by Crippen LogP contribution is -2.00. The fourth-order valence-corrected chi connectivity index (χ4v) is 2.42. The molecule has 1 heterocycles. The van der Waals surface area contributed by atoms with Gasteiger partial charge in [0.25, 0.3) is 5.69 Å². The van der Waals surface area contributed by atoms with Crippen molar-refractivity contribution in [1.82, 2.24) is 4.98 Å². The van der Waals surface area contributed by atoms with Gasteiger partial charge in [0.1, 0.15) is 0 Å². The summed E-state index contributed by atoms with van der Waals surface area (Å²) in [7, 11) is 0. The molecule has 0 unspecified atom stereocenters. The van der Waals surface area contributed by atoms with Crippen LogP contribution in [0.5, 0.6) is 0 Å². The highest BCUT2D eigenvalue weighted by molar-refractivity contribution is 6.31. The summed E-state index contributed by atoms with van der Waals surface area (Å²) in [5, 5.41) is 16.6. The molecule has 2 aromatic carbocycles. The number of hydrazone groups is 1. The molecule has 0 bridgehead atoms. The van der Waals surface area contributed by atoms with Crippen LogP contribution in [0, 0.1) is 10.1 Å². The first-order chi connectivity index (χ1) is 11.5. The number of non-ortho nitro benzene ring substituents is 1. The van der Waals surface area contributed by atoms with Crippen LogP contribution in [-0.2, 0) is 0 Å². The summed E-state index contributed by atoms with van der Waals surface area (Å²) in [6, 6.07) is 13.5. The van der Waals surface area contributed by atoms with E-state index in [-0.39, 0.29) is 5.69 Å². The minimum atomic E-state index is -0.428. The van der Waals surface area contributed by atoms with Gasteiger partial charge in [-0.15, -0.1) is 0 Å². The van der Waals surface area contributed by atoms with Crippen LogP contribution < -0.4 is 5.43 Å². The molecule has 0 aliphatic rings. The van der Waals surface area contributed by atoms with E-state index >= 15 is 0 Å². The Bertz CT molecular complexity index is 939. The predicted octanol–water partition coefficient (Wildman–Crippen LogP) is 4.63. The third-order valence-electron chi connectivity index (χ3n) is 3.54.